The van der Waals surface area contributed by atoms with E-state index >= 15 is 0 Å². The van der Waals surface area contributed by atoms with E-state index in [9.17, 15) is 0 Å². The second kappa shape index (κ2) is 10.9. The van der Waals surface area contributed by atoms with Gasteiger partial charge in [-0.05, 0) is 82.8 Å². The van der Waals surface area contributed by atoms with Crippen molar-refractivity contribution in [2.45, 2.75) is 76.2 Å². The minimum Gasteiger partial charge on any atom is -0.120 e. The minimum absolute atomic E-state index is 0.191. The van der Waals surface area contributed by atoms with Gasteiger partial charge in [-0.2, -0.15) is 0 Å². The second-order valence-corrected chi connectivity index (χ2v) is 14.9. The van der Waals surface area contributed by atoms with Crippen molar-refractivity contribution in [1.29, 1.82) is 0 Å². The molecule has 0 aliphatic carbocycles. The lowest BCUT2D eigenvalue weighted by Crippen LogP contribution is -2.10. The van der Waals surface area contributed by atoms with Gasteiger partial charge in [-0.1, -0.05) is 101 Å². The summed E-state index contributed by atoms with van der Waals surface area (Å²) in [6.07, 6.45) is 0. The zero-order valence-corrected chi connectivity index (χ0v) is 23.9. The molecule has 0 fully saturated rings. The number of hydrogen-bond acceptors (Lipinski definition) is 3. The molecule has 0 atom stereocenters. The van der Waals surface area contributed by atoms with Gasteiger partial charge in [0.1, 0.15) is 0 Å². The summed E-state index contributed by atoms with van der Waals surface area (Å²) < 4.78 is 0.231. The van der Waals surface area contributed by atoms with Crippen molar-refractivity contribution in [2.75, 3.05) is 0 Å². The highest BCUT2D eigenvalue weighted by Crippen LogP contribution is 2.35. The molecule has 0 radical (unpaired) electrons. The number of hydrogen-bond donors (Lipinski definition) is 0. The van der Waals surface area contributed by atoms with Crippen molar-refractivity contribution >= 4 is 35.3 Å². The normalized spacial score (nSPS) is 12.1. The van der Waals surface area contributed by atoms with Crippen LogP contribution < -0.4 is 0 Å². The molecular formula is C32H34S3. The van der Waals surface area contributed by atoms with Gasteiger partial charge in [0.05, 0.1) is 0 Å². The van der Waals surface area contributed by atoms with E-state index in [0.29, 0.717) is 0 Å². The van der Waals surface area contributed by atoms with E-state index in [1.54, 1.807) is 0 Å². The number of benzene rings is 4. The van der Waals surface area contributed by atoms with Crippen LogP contribution in [0.2, 0.25) is 0 Å². The van der Waals surface area contributed by atoms with Crippen LogP contribution in [0, 0.1) is 0 Å². The number of thioether (sulfide) groups is 1. The van der Waals surface area contributed by atoms with Crippen LogP contribution in [0.3, 0.4) is 0 Å². The van der Waals surface area contributed by atoms with Crippen molar-refractivity contribution in [3.05, 3.63) is 103 Å². The molecular weight excluding hydrogens is 481 g/mol. The molecule has 0 aromatic heterocycles. The van der Waals surface area contributed by atoms with Crippen LogP contribution in [0.15, 0.2) is 122 Å². The third kappa shape index (κ3) is 7.70. The Balaban J connectivity index is 1.36. The molecule has 0 aliphatic rings. The van der Waals surface area contributed by atoms with Crippen LogP contribution in [-0.2, 0) is 5.41 Å². The molecule has 4 aromatic carbocycles. The van der Waals surface area contributed by atoms with Gasteiger partial charge in [-0.25, -0.2) is 0 Å². The Bertz CT molecular complexity index is 1220. The van der Waals surface area contributed by atoms with Crippen LogP contribution in [0.1, 0.15) is 47.1 Å². The van der Waals surface area contributed by atoms with Gasteiger partial charge in [-0.15, -0.1) is 11.8 Å². The fourth-order valence-corrected chi connectivity index (χ4v) is 6.27. The summed E-state index contributed by atoms with van der Waals surface area (Å²) in [5, 5.41) is 0. The molecule has 0 saturated carbocycles. The zero-order valence-electron chi connectivity index (χ0n) is 21.5. The first-order valence-corrected chi connectivity index (χ1v) is 14.5. The predicted molar refractivity (Wildman–Crippen MR) is 157 cm³/mol. The molecule has 4 rings (SSSR count). The van der Waals surface area contributed by atoms with Gasteiger partial charge in [0.2, 0.25) is 0 Å². The van der Waals surface area contributed by atoms with Crippen LogP contribution in [0.5, 0.6) is 0 Å². The largest absolute Gasteiger partial charge is 0.120 e. The molecule has 35 heavy (non-hydrogen) atoms. The molecule has 180 valence electrons. The highest BCUT2D eigenvalue weighted by atomic mass is 32.2. The fraction of sp³-hybridized carbons (Fsp3) is 0.250. The first kappa shape index (κ1) is 26.0. The summed E-state index contributed by atoms with van der Waals surface area (Å²) in [4.78, 5) is 6.37. The lowest BCUT2D eigenvalue weighted by atomic mass is 9.87. The van der Waals surface area contributed by atoms with Gasteiger partial charge < -0.3 is 0 Å². The summed E-state index contributed by atoms with van der Waals surface area (Å²) in [6.45, 7) is 13.5. The summed E-state index contributed by atoms with van der Waals surface area (Å²) in [7, 11) is 0. The lowest BCUT2D eigenvalue weighted by Gasteiger charge is -2.19. The van der Waals surface area contributed by atoms with E-state index < -0.39 is 0 Å². The maximum atomic E-state index is 2.25. The van der Waals surface area contributed by atoms with E-state index in [0.717, 1.165) is 0 Å². The zero-order chi connectivity index (χ0) is 25.1. The van der Waals surface area contributed by atoms with Crippen LogP contribution in [0.4, 0.5) is 0 Å². The van der Waals surface area contributed by atoms with E-state index in [1.807, 2.05) is 35.3 Å². The van der Waals surface area contributed by atoms with E-state index in [2.05, 4.69) is 139 Å². The van der Waals surface area contributed by atoms with Crippen LogP contribution in [-0.4, -0.2) is 4.75 Å². The lowest BCUT2D eigenvalue weighted by molar-refractivity contribution is 0.590. The Labute approximate surface area is 224 Å². The maximum absolute atomic E-state index is 2.25. The van der Waals surface area contributed by atoms with Gasteiger partial charge in [0.15, 0.2) is 0 Å². The van der Waals surface area contributed by atoms with Crippen molar-refractivity contribution in [1.82, 2.24) is 0 Å². The Hall–Kier alpha value is -2.07. The summed E-state index contributed by atoms with van der Waals surface area (Å²) >= 11 is 5.53. The molecule has 0 amide bonds. The second-order valence-electron chi connectivity index (χ2n) is 10.7. The molecule has 0 spiro atoms. The first-order valence-electron chi connectivity index (χ1n) is 12.0. The molecule has 0 unspecified atom stereocenters. The van der Waals surface area contributed by atoms with Crippen LogP contribution in [0.25, 0.3) is 11.1 Å². The molecule has 3 heteroatoms. The predicted octanol–water partition coefficient (Wildman–Crippen LogP) is 10.8. The van der Waals surface area contributed by atoms with Gasteiger partial charge >= 0.3 is 0 Å². The third-order valence-electron chi connectivity index (χ3n) is 5.48. The topological polar surface area (TPSA) is 0 Å². The van der Waals surface area contributed by atoms with E-state index in [-0.39, 0.29) is 10.2 Å². The average molecular weight is 515 g/mol. The molecule has 4 aromatic rings. The summed E-state index contributed by atoms with van der Waals surface area (Å²) in [5.41, 5.74) is 4.08. The molecule has 0 N–H and O–H groups in total. The van der Waals surface area contributed by atoms with Gasteiger partial charge in [-0.3, -0.25) is 0 Å². The standard InChI is InChI=1S/C32H34S3/c1-31(2,3)25-11-17-27(18-12-25)34-29-21-19-28(20-22-29)33-26-13-7-23(8-14-26)24-9-15-30(16-10-24)35-32(4,5)6/h7-22H,1-6H3. The molecule has 0 saturated heterocycles. The Morgan fingerprint density at radius 1 is 0.400 bits per heavy atom. The van der Waals surface area contributed by atoms with Crippen molar-refractivity contribution in [3.8, 4) is 11.1 Å². The highest BCUT2D eigenvalue weighted by molar-refractivity contribution is 8.00. The monoisotopic (exact) mass is 514 g/mol. The summed E-state index contributed by atoms with van der Waals surface area (Å²) in [5.74, 6) is 0. The average Bonchev–Trinajstić information content (AvgIpc) is 2.80. The smallest absolute Gasteiger partial charge is 0.0123 e. The quantitative estimate of drug-likeness (QED) is 0.235. The van der Waals surface area contributed by atoms with Crippen molar-refractivity contribution in [3.63, 3.8) is 0 Å². The molecule has 0 aliphatic heterocycles. The number of rotatable bonds is 6. The summed E-state index contributed by atoms with van der Waals surface area (Å²) in [6, 6.07) is 35.6. The molecule has 0 nitrogen and oxygen atoms in total. The third-order valence-corrected chi connectivity index (χ3v) is 8.63. The van der Waals surface area contributed by atoms with Crippen molar-refractivity contribution in [2.24, 2.45) is 0 Å². The fourth-order valence-electron chi connectivity index (χ4n) is 3.66. The van der Waals surface area contributed by atoms with E-state index in [4.69, 9.17) is 0 Å². The SMILES string of the molecule is CC(C)(C)Sc1ccc(-c2ccc(Sc3ccc(Sc4ccc(C(C)(C)C)cc4)cc3)cc2)cc1. The van der Waals surface area contributed by atoms with Gasteiger partial charge in [0.25, 0.3) is 0 Å². The Morgan fingerprint density at radius 3 is 1.06 bits per heavy atom. The van der Waals surface area contributed by atoms with E-state index in [1.165, 1.54) is 41.2 Å². The Kier molecular flexibility index (Phi) is 8.10. The van der Waals surface area contributed by atoms with Gasteiger partial charge in [0, 0.05) is 29.2 Å². The molecule has 0 heterocycles. The first-order chi connectivity index (χ1) is 16.5. The minimum atomic E-state index is 0.191. The maximum Gasteiger partial charge on any atom is 0.0123 e. The highest BCUT2D eigenvalue weighted by Gasteiger charge is 2.13. The van der Waals surface area contributed by atoms with Crippen molar-refractivity contribution < 1.29 is 0 Å². The van der Waals surface area contributed by atoms with Crippen LogP contribution >= 0.6 is 35.3 Å². The molecule has 0 bridgehead atoms. The Morgan fingerprint density at radius 2 is 0.714 bits per heavy atom.